The zero-order chi connectivity index (χ0) is 13.1. The summed E-state index contributed by atoms with van der Waals surface area (Å²) >= 11 is 0. The lowest BCUT2D eigenvalue weighted by Crippen LogP contribution is -2.40. The quantitative estimate of drug-likeness (QED) is 0.812. The maximum absolute atomic E-state index is 8.80. The molecule has 3 rings (SSSR count). The number of rotatable bonds is 2. The van der Waals surface area contributed by atoms with Crippen molar-refractivity contribution < 1.29 is 0 Å². The molecule has 2 fully saturated rings. The highest BCUT2D eigenvalue weighted by atomic mass is 15.3. The molecule has 2 aliphatic rings. The van der Waals surface area contributed by atoms with Crippen LogP contribution in [0.4, 0.5) is 5.82 Å². The van der Waals surface area contributed by atoms with Gasteiger partial charge in [0.05, 0.1) is 5.56 Å². The van der Waals surface area contributed by atoms with Gasteiger partial charge in [-0.3, -0.25) is 4.90 Å². The van der Waals surface area contributed by atoms with Crippen molar-refractivity contribution in [1.29, 1.82) is 5.26 Å². The summed E-state index contributed by atoms with van der Waals surface area (Å²) in [5.41, 5.74) is 0.635. The van der Waals surface area contributed by atoms with Crippen LogP contribution in [0.2, 0.25) is 0 Å². The number of anilines is 1. The van der Waals surface area contributed by atoms with Crippen LogP contribution in [0.25, 0.3) is 0 Å². The SMILES string of the molecule is N#Cc1ccc(N2CCC(N3CCCCC3)C2)nc1. The van der Waals surface area contributed by atoms with E-state index in [-0.39, 0.29) is 0 Å². The smallest absolute Gasteiger partial charge is 0.128 e. The van der Waals surface area contributed by atoms with Crippen molar-refractivity contribution in [2.75, 3.05) is 31.1 Å². The molecule has 1 atom stereocenters. The first-order valence-corrected chi connectivity index (χ1v) is 7.22. The van der Waals surface area contributed by atoms with Crippen molar-refractivity contribution in [2.24, 2.45) is 0 Å². The van der Waals surface area contributed by atoms with Gasteiger partial charge < -0.3 is 4.90 Å². The van der Waals surface area contributed by atoms with Crippen molar-refractivity contribution in [2.45, 2.75) is 31.7 Å². The summed E-state index contributed by atoms with van der Waals surface area (Å²) in [6.07, 6.45) is 7.01. The van der Waals surface area contributed by atoms with E-state index in [4.69, 9.17) is 5.26 Å². The van der Waals surface area contributed by atoms with Crippen LogP contribution in [0.3, 0.4) is 0 Å². The first-order chi connectivity index (χ1) is 9.36. The average Bonchev–Trinajstić information content (AvgIpc) is 2.98. The molecule has 3 heterocycles. The third-order valence-corrected chi connectivity index (χ3v) is 4.27. The van der Waals surface area contributed by atoms with E-state index >= 15 is 0 Å². The maximum atomic E-state index is 8.80. The van der Waals surface area contributed by atoms with E-state index in [1.54, 1.807) is 6.20 Å². The normalized spacial score (nSPS) is 24.4. The molecule has 2 saturated heterocycles. The Bertz CT molecular complexity index is 456. The molecule has 19 heavy (non-hydrogen) atoms. The van der Waals surface area contributed by atoms with E-state index in [1.807, 2.05) is 12.1 Å². The molecule has 4 heteroatoms. The molecular weight excluding hydrogens is 236 g/mol. The number of pyridine rings is 1. The van der Waals surface area contributed by atoms with Crippen LogP contribution in [0.5, 0.6) is 0 Å². The Kier molecular flexibility index (Phi) is 3.65. The minimum absolute atomic E-state index is 0.635. The van der Waals surface area contributed by atoms with E-state index in [1.165, 1.54) is 38.8 Å². The molecule has 0 bridgehead atoms. The number of piperidine rings is 1. The zero-order valence-corrected chi connectivity index (χ0v) is 11.3. The maximum Gasteiger partial charge on any atom is 0.128 e. The molecule has 0 spiro atoms. The average molecular weight is 256 g/mol. The summed E-state index contributed by atoms with van der Waals surface area (Å²) < 4.78 is 0. The van der Waals surface area contributed by atoms with Crippen LogP contribution in [0.1, 0.15) is 31.2 Å². The number of likely N-dealkylation sites (tertiary alicyclic amines) is 1. The van der Waals surface area contributed by atoms with Crippen LogP contribution in [0, 0.1) is 11.3 Å². The van der Waals surface area contributed by atoms with Gasteiger partial charge >= 0.3 is 0 Å². The fourth-order valence-corrected chi connectivity index (χ4v) is 3.17. The second kappa shape index (κ2) is 5.58. The molecule has 0 aliphatic carbocycles. The van der Waals surface area contributed by atoms with Crippen molar-refractivity contribution in [3.05, 3.63) is 23.9 Å². The lowest BCUT2D eigenvalue weighted by Gasteiger charge is -2.32. The number of hydrogen-bond donors (Lipinski definition) is 0. The number of hydrogen-bond acceptors (Lipinski definition) is 4. The first-order valence-electron chi connectivity index (χ1n) is 7.22. The molecule has 1 aromatic heterocycles. The third-order valence-electron chi connectivity index (χ3n) is 4.27. The van der Waals surface area contributed by atoms with Crippen LogP contribution < -0.4 is 4.90 Å². The number of aromatic nitrogens is 1. The third kappa shape index (κ3) is 2.71. The van der Waals surface area contributed by atoms with Gasteiger partial charge in [0, 0.05) is 25.3 Å². The van der Waals surface area contributed by atoms with Crippen LogP contribution >= 0.6 is 0 Å². The van der Waals surface area contributed by atoms with Gasteiger partial charge in [0.15, 0.2) is 0 Å². The monoisotopic (exact) mass is 256 g/mol. The van der Waals surface area contributed by atoms with Crippen molar-refractivity contribution in [1.82, 2.24) is 9.88 Å². The van der Waals surface area contributed by atoms with E-state index in [0.29, 0.717) is 11.6 Å². The van der Waals surface area contributed by atoms with Gasteiger partial charge in [-0.05, 0) is 44.5 Å². The van der Waals surface area contributed by atoms with E-state index in [2.05, 4.69) is 20.9 Å². The molecule has 100 valence electrons. The van der Waals surface area contributed by atoms with Crippen LogP contribution in [0.15, 0.2) is 18.3 Å². The summed E-state index contributed by atoms with van der Waals surface area (Å²) in [7, 11) is 0. The molecule has 0 N–H and O–H groups in total. The Morgan fingerprint density at radius 3 is 2.68 bits per heavy atom. The molecule has 0 amide bonds. The molecule has 0 radical (unpaired) electrons. The Balaban J connectivity index is 1.63. The second-order valence-corrected chi connectivity index (χ2v) is 5.50. The van der Waals surface area contributed by atoms with Gasteiger partial charge in [-0.1, -0.05) is 6.42 Å². The molecule has 1 unspecified atom stereocenters. The lowest BCUT2D eigenvalue weighted by molar-refractivity contribution is 0.175. The van der Waals surface area contributed by atoms with Gasteiger partial charge in [0.25, 0.3) is 0 Å². The Morgan fingerprint density at radius 1 is 1.16 bits per heavy atom. The van der Waals surface area contributed by atoms with Gasteiger partial charge in [-0.2, -0.15) is 5.26 Å². The fourth-order valence-electron chi connectivity index (χ4n) is 3.17. The Labute approximate surface area is 114 Å². The zero-order valence-electron chi connectivity index (χ0n) is 11.3. The minimum Gasteiger partial charge on any atom is -0.355 e. The predicted octanol–water partition coefficient (Wildman–Crippen LogP) is 2.02. The summed E-state index contributed by atoms with van der Waals surface area (Å²) in [6.45, 7) is 4.69. The lowest BCUT2D eigenvalue weighted by atomic mass is 10.1. The molecule has 0 saturated carbocycles. The molecule has 4 nitrogen and oxygen atoms in total. The van der Waals surface area contributed by atoms with Gasteiger partial charge in [0.2, 0.25) is 0 Å². The first kappa shape index (κ1) is 12.4. The topological polar surface area (TPSA) is 43.2 Å². The second-order valence-electron chi connectivity index (χ2n) is 5.50. The van der Waals surface area contributed by atoms with Crippen molar-refractivity contribution in [3.63, 3.8) is 0 Å². The summed E-state index contributed by atoms with van der Waals surface area (Å²) in [6, 6.07) is 6.64. The van der Waals surface area contributed by atoms with Crippen LogP contribution in [-0.2, 0) is 0 Å². The minimum atomic E-state index is 0.635. The van der Waals surface area contributed by atoms with E-state index in [0.717, 1.165) is 18.9 Å². The van der Waals surface area contributed by atoms with Crippen molar-refractivity contribution in [3.8, 4) is 6.07 Å². The summed E-state index contributed by atoms with van der Waals surface area (Å²) in [5, 5.41) is 8.80. The highest BCUT2D eigenvalue weighted by Crippen LogP contribution is 2.23. The Morgan fingerprint density at radius 2 is 2.00 bits per heavy atom. The number of nitrogens with zero attached hydrogens (tertiary/aromatic N) is 4. The fraction of sp³-hybridized carbons (Fsp3) is 0.600. The van der Waals surface area contributed by atoms with Crippen LogP contribution in [-0.4, -0.2) is 42.1 Å². The molecule has 2 aliphatic heterocycles. The highest BCUT2D eigenvalue weighted by molar-refractivity contribution is 5.43. The largest absolute Gasteiger partial charge is 0.355 e. The standard InChI is InChI=1S/C15H20N4/c16-10-13-4-5-15(17-11-13)19-9-6-14(12-19)18-7-2-1-3-8-18/h4-5,11,14H,1-3,6-9,12H2. The highest BCUT2D eigenvalue weighted by Gasteiger charge is 2.28. The Hall–Kier alpha value is -1.60. The van der Waals surface area contributed by atoms with Gasteiger partial charge in [0.1, 0.15) is 11.9 Å². The van der Waals surface area contributed by atoms with E-state index < -0.39 is 0 Å². The van der Waals surface area contributed by atoms with Gasteiger partial charge in [-0.15, -0.1) is 0 Å². The summed E-state index contributed by atoms with van der Waals surface area (Å²) in [4.78, 5) is 9.39. The number of nitriles is 1. The summed E-state index contributed by atoms with van der Waals surface area (Å²) in [5.74, 6) is 1.01. The van der Waals surface area contributed by atoms with Gasteiger partial charge in [-0.25, -0.2) is 4.98 Å². The van der Waals surface area contributed by atoms with E-state index in [9.17, 15) is 0 Å². The predicted molar refractivity (Wildman–Crippen MR) is 75.0 cm³/mol. The van der Waals surface area contributed by atoms with Crippen molar-refractivity contribution >= 4 is 5.82 Å². The molecule has 1 aromatic rings. The molecule has 0 aromatic carbocycles. The molecular formula is C15H20N4.